The Labute approximate surface area is 138 Å². The zero-order valence-corrected chi connectivity index (χ0v) is 13.9. The molecule has 0 aliphatic carbocycles. The molecule has 4 heteroatoms. The van der Waals surface area contributed by atoms with Crippen LogP contribution in [0.1, 0.15) is 22.8 Å². The van der Waals surface area contributed by atoms with Gasteiger partial charge in [-0.15, -0.1) is 0 Å². The van der Waals surface area contributed by atoms with Crippen molar-refractivity contribution in [1.29, 1.82) is 5.26 Å². The number of nitrogens with zero attached hydrogens (tertiary/aromatic N) is 3. The highest BCUT2D eigenvalue weighted by atomic mass is 16.3. The van der Waals surface area contributed by atoms with Gasteiger partial charge in [-0.3, -0.25) is 4.90 Å². The second-order valence-electron chi connectivity index (χ2n) is 6.01. The molecule has 0 radical (unpaired) electrons. The van der Waals surface area contributed by atoms with Gasteiger partial charge in [0.05, 0.1) is 17.7 Å². The van der Waals surface area contributed by atoms with Crippen molar-refractivity contribution in [3.8, 4) is 6.07 Å². The topological polar surface area (TPSA) is 50.5 Å². The normalized spacial score (nSPS) is 12.0. The predicted octanol–water partition coefficient (Wildman–Crippen LogP) is 2.79. The van der Waals surface area contributed by atoms with E-state index in [1.54, 1.807) is 12.1 Å². The first-order chi connectivity index (χ1) is 11.0. The maximum atomic E-state index is 10.3. The maximum Gasteiger partial charge on any atom is 0.0991 e. The lowest BCUT2D eigenvalue weighted by Gasteiger charge is -2.22. The van der Waals surface area contributed by atoms with Gasteiger partial charge in [0, 0.05) is 32.9 Å². The molecule has 4 nitrogen and oxygen atoms in total. The Morgan fingerprint density at radius 1 is 1.09 bits per heavy atom. The zero-order valence-electron chi connectivity index (χ0n) is 13.9. The molecule has 0 aliphatic heterocycles. The van der Waals surface area contributed by atoms with Crippen LogP contribution in [0.5, 0.6) is 0 Å². The van der Waals surface area contributed by atoms with E-state index >= 15 is 0 Å². The van der Waals surface area contributed by atoms with Crippen molar-refractivity contribution < 1.29 is 5.11 Å². The number of rotatable bonds is 6. The van der Waals surface area contributed by atoms with Gasteiger partial charge in [0.2, 0.25) is 0 Å². The lowest BCUT2D eigenvalue weighted by Crippen LogP contribution is -2.24. The third-order valence-electron chi connectivity index (χ3n) is 3.79. The van der Waals surface area contributed by atoms with E-state index in [9.17, 15) is 5.11 Å². The number of benzene rings is 2. The van der Waals surface area contributed by atoms with Crippen molar-refractivity contribution in [3.63, 3.8) is 0 Å². The van der Waals surface area contributed by atoms with Crippen LogP contribution in [-0.4, -0.2) is 37.7 Å². The van der Waals surface area contributed by atoms with Gasteiger partial charge in [0.25, 0.3) is 0 Å². The molecule has 1 N–H and O–H groups in total. The fourth-order valence-corrected chi connectivity index (χ4v) is 2.49. The van der Waals surface area contributed by atoms with E-state index in [1.807, 2.05) is 33.3 Å². The van der Waals surface area contributed by atoms with Crippen LogP contribution in [0.2, 0.25) is 0 Å². The van der Waals surface area contributed by atoms with Crippen LogP contribution in [0.25, 0.3) is 0 Å². The highest BCUT2D eigenvalue weighted by Crippen LogP contribution is 2.18. The first-order valence-electron chi connectivity index (χ1n) is 7.62. The summed E-state index contributed by atoms with van der Waals surface area (Å²) in [5.41, 5.74) is 3.82. The standard InChI is InChI=1S/C19H23N3O/c1-21(2)18-6-4-5-16(11-18)13-22(3)14-19(23)17-9-7-15(12-20)8-10-17/h4-11,19,23H,13-14H2,1-3H3/t19-/m1/s1. The van der Waals surface area contributed by atoms with E-state index < -0.39 is 6.10 Å². The molecule has 2 aromatic carbocycles. The van der Waals surface area contributed by atoms with Crippen LogP contribution in [-0.2, 0) is 6.54 Å². The van der Waals surface area contributed by atoms with Crippen LogP contribution >= 0.6 is 0 Å². The van der Waals surface area contributed by atoms with Crippen molar-refractivity contribution in [3.05, 3.63) is 65.2 Å². The monoisotopic (exact) mass is 309 g/mol. The van der Waals surface area contributed by atoms with Gasteiger partial charge in [-0.2, -0.15) is 5.26 Å². The van der Waals surface area contributed by atoms with E-state index in [1.165, 1.54) is 11.3 Å². The SMILES string of the molecule is CN(Cc1cccc(N(C)C)c1)C[C@@H](O)c1ccc(C#N)cc1. The highest BCUT2D eigenvalue weighted by Gasteiger charge is 2.11. The Hall–Kier alpha value is -2.35. The molecule has 2 rings (SSSR count). The molecule has 2 aromatic rings. The Kier molecular flexibility index (Phi) is 5.75. The van der Waals surface area contributed by atoms with Crippen LogP contribution in [0.15, 0.2) is 48.5 Å². The van der Waals surface area contributed by atoms with Gasteiger partial charge >= 0.3 is 0 Å². The molecule has 0 aliphatic rings. The summed E-state index contributed by atoms with van der Waals surface area (Å²) in [7, 11) is 6.05. The third kappa shape index (κ3) is 4.82. The van der Waals surface area contributed by atoms with Crippen molar-refractivity contribution in [2.24, 2.45) is 0 Å². The quantitative estimate of drug-likeness (QED) is 0.891. The number of nitriles is 1. The summed E-state index contributed by atoms with van der Waals surface area (Å²) in [6, 6.07) is 17.6. The van der Waals surface area contributed by atoms with E-state index in [-0.39, 0.29) is 0 Å². The fraction of sp³-hybridized carbons (Fsp3) is 0.316. The van der Waals surface area contributed by atoms with Crippen molar-refractivity contribution in [1.82, 2.24) is 4.90 Å². The number of anilines is 1. The number of likely N-dealkylation sites (N-methyl/N-ethyl adjacent to an activating group) is 1. The van der Waals surface area contributed by atoms with Crippen LogP contribution in [0.3, 0.4) is 0 Å². The summed E-state index contributed by atoms with van der Waals surface area (Å²) in [6.07, 6.45) is -0.565. The first-order valence-corrected chi connectivity index (χ1v) is 7.62. The molecule has 0 spiro atoms. The zero-order chi connectivity index (χ0) is 16.8. The van der Waals surface area contributed by atoms with Crippen LogP contribution in [0, 0.1) is 11.3 Å². The Balaban J connectivity index is 1.97. The Bertz CT molecular complexity index is 674. The predicted molar refractivity (Wildman–Crippen MR) is 93.2 cm³/mol. The largest absolute Gasteiger partial charge is 0.387 e. The summed E-state index contributed by atoms with van der Waals surface area (Å²) in [5, 5.41) is 19.2. The molecule has 0 amide bonds. The van der Waals surface area contributed by atoms with Crippen molar-refractivity contribution in [2.75, 3.05) is 32.6 Å². The second-order valence-corrected chi connectivity index (χ2v) is 6.01. The molecule has 0 fully saturated rings. The molecule has 0 heterocycles. The minimum atomic E-state index is -0.565. The molecule has 0 aromatic heterocycles. The maximum absolute atomic E-state index is 10.3. The van der Waals surface area contributed by atoms with Crippen LogP contribution < -0.4 is 4.90 Å². The number of hydrogen-bond acceptors (Lipinski definition) is 4. The van der Waals surface area contributed by atoms with Crippen LogP contribution in [0.4, 0.5) is 5.69 Å². The van der Waals surface area contributed by atoms with E-state index in [0.29, 0.717) is 12.1 Å². The second kappa shape index (κ2) is 7.77. The minimum Gasteiger partial charge on any atom is -0.387 e. The fourth-order valence-electron chi connectivity index (χ4n) is 2.49. The lowest BCUT2D eigenvalue weighted by molar-refractivity contribution is 0.124. The highest BCUT2D eigenvalue weighted by molar-refractivity contribution is 5.47. The molecule has 120 valence electrons. The molecule has 0 bridgehead atoms. The van der Waals surface area contributed by atoms with Gasteiger partial charge < -0.3 is 10.0 Å². The van der Waals surface area contributed by atoms with E-state index in [2.05, 4.69) is 40.1 Å². The molecule has 23 heavy (non-hydrogen) atoms. The van der Waals surface area contributed by atoms with E-state index in [0.717, 1.165) is 12.1 Å². The van der Waals surface area contributed by atoms with Gasteiger partial charge in [0.1, 0.15) is 0 Å². The van der Waals surface area contributed by atoms with Gasteiger partial charge in [-0.1, -0.05) is 24.3 Å². The van der Waals surface area contributed by atoms with Crippen molar-refractivity contribution >= 4 is 5.69 Å². The molecule has 0 unspecified atom stereocenters. The molecule has 1 atom stereocenters. The molecule has 0 saturated carbocycles. The summed E-state index contributed by atoms with van der Waals surface area (Å²) in [4.78, 5) is 4.17. The van der Waals surface area contributed by atoms with Gasteiger partial charge in [-0.05, 0) is 42.4 Å². The number of aliphatic hydroxyl groups excluding tert-OH is 1. The third-order valence-corrected chi connectivity index (χ3v) is 3.79. The summed E-state index contributed by atoms with van der Waals surface area (Å²) < 4.78 is 0. The summed E-state index contributed by atoms with van der Waals surface area (Å²) in [5.74, 6) is 0. The van der Waals surface area contributed by atoms with Gasteiger partial charge in [-0.25, -0.2) is 0 Å². The van der Waals surface area contributed by atoms with Crippen molar-refractivity contribution in [2.45, 2.75) is 12.6 Å². The molecule has 0 saturated heterocycles. The lowest BCUT2D eigenvalue weighted by atomic mass is 10.1. The smallest absolute Gasteiger partial charge is 0.0991 e. The molecular formula is C19H23N3O. The minimum absolute atomic E-state index is 0.540. The Morgan fingerprint density at radius 2 is 1.78 bits per heavy atom. The summed E-state index contributed by atoms with van der Waals surface area (Å²) in [6.45, 7) is 1.31. The summed E-state index contributed by atoms with van der Waals surface area (Å²) >= 11 is 0. The Morgan fingerprint density at radius 3 is 2.39 bits per heavy atom. The number of aliphatic hydroxyl groups is 1. The first kappa shape index (κ1) is 17.0. The molecular weight excluding hydrogens is 286 g/mol. The number of hydrogen-bond donors (Lipinski definition) is 1. The van der Waals surface area contributed by atoms with Gasteiger partial charge in [0.15, 0.2) is 0 Å². The van der Waals surface area contributed by atoms with E-state index in [4.69, 9.17) is 5.26 Å². The average molecular weight is 309 g/mol. The average Bonchev–Trinajstić information content (AvgIpc) is 2.55.